The minimum absolute atomic E-state index is 0.00229. The summed E-state index contributed by atoms with van der Waals surface area (Å²) in [5.41, 5.74) is 0. The van der Waals surface area contributed by atoms with Crippen LogP contribution in [0.4, 0.5) is 0 Å². The Kier molecular flexibility index (Phi) is 4.03. The summed E-state index contributed by atoms with van der Waals surface area (Å²) in [5, 5.41) is 0. The van der Waals surface area contributed by atoms with Crippen molar-refractivity contribution in [3.05, 3.63) is 0 Å². The van der Waals surface area contributed by atoms with Crippen molar-refractivity contribution < 1.29 is 17.9 Å². The van der Waals surface area contributed by atoms with Gasteiger partial charge in [0.1, 0.15) is 5.78 Å². The Hall–Kier alpha value is -0.460. The van der Waals surface area contributed by atoms with Crippen molar-refractivity contribution in [2.75, 3.05) is 32.6 Å². The molecule has 0 unspecified atom stereocenters. The molecular formula is C8H15NO4S. The molecule has 0 N–H and O–H groups in total. The first-order valence-corrected chi connectivity index (χ1v) is 6.15. The Balaban J connectivity index is 2.51. The van der Waals surface area contributed by atoms with Gasteiger partial charge < -0.3 is 4.74 Å². The summed E-state index contributed by atoms with van der Waals surface area (Å²) >= 11 is 0. The third kappa shape index (κ3) is 3.04. The van der Waals surface area contributed by atoms with Gasteiger partial charge in [0.05, 0.1) is 12.4 Å². The normalized spacial score (nSPS) is 19.9. The van der Waals surface area contributed by atoms with Crippen LogP contribution in [0.1, 0.15) is 12.8 Å². The van der Waals surface area contributed by atoms with Crippen LogP contribution in [0.2, 0.25) is 0 Å². The number of ether oxygens (including phenoxy) is 1. The smallest absolute Gasteiger partial charge is 0.216 e. The molecule has 0 aromatic carbocycles. The SMILES string of the molecule is COCCS(=O)(=O)N1CCC(=O)CC1. The average molecular weight is 221 g/mol. The van der Waals surface area contributed by atoms with Gasteiger partial charge in [-0.15, -0.1) is 0 Å². The van der Waals surface area contributed by atoms with Crippen molar-refractivity contribution in [2.45, 2.75) is 12.8 Å². The van der Waals surface area contributed by atoms with Crippen molar-refractivity contribution in [1.82, 2.24) is 4.31 Å². The molecule has 1 aliphatic rings. The highest BCUT2D eigenvalue weighted by Gasteiger charge is 2.26. The number of carbonyl (C=O) groups excluding carboxylic acids is 1. The molecule has 82 valence electrons. The Morgan fingerprint density at radius 3 is 2.43 bits per heavy atom. The van der Waals surface area contributed by atoms with Crippen LogP contribution in [0.15, 0.2) is 0 Å². The average Bonchev–Trinajstić information content (AvgIpc) is 2.16. The van der Waals surface area contributed by atoms with Crippen LogP contribution in [0.25, 0.3) is 0 Å². The third-order valence-electron chi connectivity index (χ3n) is 2.22. The van der Waals surface area contributed by atoms with E-state index in [1.165, 1.54) is 11.4 Å². The molecule has 5 nitrogen and oxygen atoms in total. The van der Waals surface area contributed by atoms with Crippen LogP contribution in [-0.4, -0.2) is 51.1 Å². The molecule has 0 aliphatic carbocycles. The van der Waals surface area contributed by atoms with Crippen molar-refractivity contribution in [2.24, 2.45) is 0 Å². The summed E-state index contributed by atoms with van der Waals surface area (Å²) < 4.78 is 29.3. The molecule has 0 amide bonds. The molecule has 1 heterocycles. The first-order valence-electron chi connectivity index (χ1n) is 4.55. The predicted octanol–water partition coefficient (Wildman–Crippen LogP) is -0.373. The zero-order chi connectivity index (χ0) is 10.6. The standard InChI is InChI=1S/C8H15NO4S/c1-13-6-7-14(11,12)9-4-2-8(10)3-5-9/h2-7H2,1H3. The van der Waals surface area contributed by atoms with Crippen LogP contribution in [0.5, 0.6) is 0 Å². The topological polar surface area (TPSA) is 63.7 Å². The minimum atomic E-state index is -3.21. The second-order valence-corrected chi connectivity index (χ2v) is 5.34. The number of hydrogen-bond acceptors (Lipinski definition) is 4. The van der Waals surface area contributed by atoms with Gasteiger partial charge in [-0.2, -0.15) is 0 Å². The van der Waals surface area contributed by atoms with Crippen molar-refractivity contribution in [1.29, 1.82) is 0 Å². The summed E-state index contributed by atoms with van der Waals surface area (Å²) in [6, 6.07) is 0. The van der Waals surface area contributed by atoms with E-state index >= 15 is 0 Å². The largest absolute Gasteiger partial charge is 0.384 e. The highest BCUT2D eigenvalue weighted by Crippen LogP contribution is 2.10. The van der Waals surface area contributed by atoms with E-state index in [1.807, 2.05) is 0 Å². The fourth-order valence-electron chi connectivity index (χ4n) is 1.33. The molecule has 6 heteroatoms. The number of carbonyl (C=O) groups is 1. The van der Waals surface area contributed by atoms with E-state index in [1.54, 1.807) is 0 Å². The maximum absolute atomic E-state index is 11.6. The second kappa shape index (κ2) is 4.86. The van der Waals surface area contributed by atoms with Crippen molar-refractivity contribution in [3.63, 3.8) is 0 Å². The molecule has 0 radical (unpaired) electrons. The lowest BCUT2D eigenvalue weighted by molar-refractivity contribution is -0.120. The van der Waals surface area contributed by atoms with Crippen molar-refractivity contribution >= 4 is 15.8 Å². The van der Waals surface area contributed by atoms with Gasteiger partial charge in [-0.05, 0) is 0 Å². The van der Waals surface area contributed by atoms with E-state index in [0.717, 1.165) is 0 Å². The summed E-state index contributed by atoms with van der Waals surface area (Å²) in [6.07, 6.45) is 0.679. The Bertz CT molecular complexity index is 288. The predicted molar refractivity (Wildman–Crippen MR) is 51.5 cm³/mol. The summed E-state index contributed by atoms with van der Waals surface area (Å²) in [4.78, 5) is 10.9. The van der Waals surface area contributed by atoms with Gasteiger partial charge in [-0.25, -0.2) is 12.7 Å². The number of nitrogens with zero attached hydrogens (tertiary/aromatic N) is 1. The molecule has 0 atom stereocenters. The van der Waals surface area contributed by atoms with E-state index in [-0.39, 0.29) is 18.1 Å². The van der Waals surface area contributed by atoms with Crippen LogP contribution >= 0.6 is 0 Å². The fraction of sp³-hybridized carbons (Fsp3) is 0.875. The lowest BCUT2D eigenvalue weighted by atomic mass is 10.1. The van der Waals surface area contributed by atoms with Gasteiger partial charge in [-0.1, -0.05) is 0 Å². The third-order valence-corrected chi connectivity index (χ3v) is 4.05. The van der Waals surface area contributed by atoms with Gasteiger partial charge in [0, 0.05) is 33.0 Å². The Labute approximate surface area is 84.1 Å². The van der Waals surface area contributed by atoms with E-state index in [0.29, 0.717) is 25.9 Å². The van der Waals surface area contributed by atoms with E-state index in [2.05, 4.69) is 0 Å². The van der Waals surface area contributed by atoms with Crippen LogP contribution < -0.4 is 0 Å². The monoisotopic (exact) mass is 221 g/mol. The number of hydrogen-bond donors (Lipinski definition) is 0. The molecule has 1 saturated heterocycles. The number of piperidine rings is 1. The van der Waals surface area contributed by atoms with E-state index in [4.69, 9.17) is 4.74 Å². The maximum Gasteiger partial charge on any atom is 0.216 e. The molecule has 1 rings (SSSR count). The number of Topliss-reactive ketones (excluding diaryl/α,β-unsaturated/α-hetero) is 1. The summed E-state index contributed by atoms with van der Waals surface area (Å²) in [5.74, 6) is 0.140. The van der Waals surface area contributed by atoms with Gasteiger partial charge in [0.2, 0.25) is 10.0 Å². The number of methoxy groups -OCH3 is 1. The van der Waals surface area contributed by atoms with Crippen LogP contribution in [0.3, 0.4) is 0 Å². The summed E-state index contributed by atoms with van der Waals surface area (Å²) in [7, 11) is -1.75. The molecule has 1 aliphatic heterocycles. The van der Waals surface area contributed by atoms with E-state index < -0.39 is 10.0 Å². The Morgan fingerprint density at radius 2 is 1.93 bits per heavy atom. The molecule has 0 aromatic rings. The number of rotatable bonds is 4. The minimum Gasteiger partial charge on any atom is -0.384 e. The lowest BCUT2D eigenvalue weighted by Gasteiger charge is -2.24. The number of ketones is 1. The first-order chi connectivity index (χ1) is 6.56. The van der Waals surface area contributed by atoms with Gasteiger partial charge in [0.25, 0.3) is 0 Å². The zero-order valence-electron chi connectivity index (χ0n) is 8.23. The lowest BCUT2D eigenvalue weighted by Crippen LogP contribution is -2.40. The maximum atomic E-state index is 11.6. The van der Waals surface area contributed by atoms with Crippen LogP contribution in [0, 0.1) is 0 Å². The molecule has 1 fully saturated rings. The molecule has 0 bridgehead atoms. The molecule has 0 aromatic heterocycles. The van der Waals surface area contributed by atoms with Gasteiger partial charge >= 0.3 is 0 Å². The van der Waals surface area contributed by atoms with E-state index in [9.17, 15) is 13.2 Å². The second-order valence-electron chi connectivity index (χ2n) is 3.25. The number of sulfonamides is 1. The van der Waals surface area contributed by atoms with Gasteiger partial charge in [-0.3, -0.25) is 4.79 Å². The fourth-order valence-corrected chi connectivity index (χ4v) is 2.71. The molecule has 0 spiro atoms. The van der Waals surface area contributed by atoms with Crippen LogP contribution in [-0.2, 0) is 19.6 Å². The zero-order valence-corrected chi connectivity index (χ0v) is 9.05. The van der Waals surface area contributed by atoms with Gasteiger partial charge in [0.15, 0.2) is 0 Å². The molecular weight excluding hydrogens is 206 g/mol. The van der Waals surface area contributed by atoms with Crippen molar-refractivity contribution in [3.8, 4) is 0 Å². The Morgan fingerprint density at radius 1 is 1.36 bits per heavy atom. The molecule has 0 saturated carbocycles. The highest BCUT2D eigenvalue weighted by atomic mass is 32.2. The first kappa shape index (κ1) is 11.6. The molecule has 14 heavy (non-hydrogen) atoms. The highest BCUT2D eigenvalue weighted by molar-refractivity contribution is 7.89. The summed E-state index contributed by atoms with van der Waals surface area (Å²) in [6.45, 7) is 0.850. The quantitative estimate of drug-likeness (QED) is 0.649.